The summed E-state index contributed by atoms with van der Waals surface area (Å²) >= 11 is 0. The molecule has 2 aliphatic rings. The van der Waals surface area contributed by atoms with E-state index in [1.807, 2.05) is 12.1 Å². The molecule has 0 aliphatic carbocycles. The van der Waals surface area contributed by atoms with Crippen LogP contribution in [0.25, 0.3) is 22.0 Å². The average Bonchev–Trinajstić information content (AvgIpc) is 3.35. The lowest BCUT2D eigenvalue weighted by Crippen LogP contribution is -2.47. The van der Waals surface area contributed by atoms with Crippen molar-refractivity contribution in [1.82, 2.24) is 19.8 Å². The normalized spacial score (nSPS) is 22.1. The molecule has 35 heavy (non-hydrogen) atoms. The number of likely N-dealkylation sites (tertiary alicyclic amines) is 1. The van der Waals surface area contributed by atoms with Gasteiger partial charge in [-0.1, -0.05) is 24.3 Å². The van der Waals surface area contributed by atoms with Crippen LogP contribution in [0.3, 0.4) is 0 Å². The second-order valence-electron chi connectivity index (χ2n) is 11.0. The molecule has 6 rings (SSSR count). The Kier molecular flexibility index (Phi) is 5.45. The van der Waals surface area contributed by atoms with Gasteiger partial charge in [-0.2, -0.15) is 0 Å². The van der Waals surface area contributed by atoms with E-state index < -0.39 is 5.67 Å². The summed E-state index contributed by atoms with van der Waals surface area (Å²) in [6, 6.07) is 14.6. The topological polar surface area (TPSA) is 48.3 Å². The van der Waals surface area contributed by atoms with Gasteiger partial charge in [0.25, 0.3) is 0 Å². The SMILES string of the molecule is C[C@@H]1Cc2c([nH]c3ccccc23)[C@@H](c2ccc3oc(CN4CC(CF)C4)nc3c2)N1CC(C)(C)F. The van der Waals surface area contributed by atoms with E-state index in [1.54, 1.807) is 13.8 Å². The summed E-state index contributed by atoms with van der Waals surface area (Å²) in [4.78, 5) is 12.8. The lowest BCUT2D eigenvalue weighted by Gasteiger charge is -2.43. The zero-order chi connectivity index (χ0) is 24.3. The second kappa shape index (κ2) is 8.42. The number of para-hydroxylation sites is 1. The van der Waals surface area contributed by atoms with E-state index in [2.05, 4.69) is 52.0 Å². The average molecular weight is 479 g/mol. The minimum absolute atomic E-state index is 0.110. The maximum absolute atomic E-state index is 15.0. The molecule has 0 saturated carbocycles. The summed E-state index contributed by atoms with van der Waals surface area (Å²) in [5.41, 5.74) is 4.85. The molecular weight excluding hydrogens is 446 g/mol. The molecule has 184 valence electrons. The molecule has 4 heterocycles. The molecule has 0 unspecified atom stereocenters. The molecule has 7 heteroatoms. The van der Waals surface area contributed by atoms with Gasteiger partial charge in [0.15, 0.2) is 5.58 Å². The number of aromatic nitrogens is 2. The van der Waals surface area contributed by atoms with E-state index in [-0.39, 0.29) is 24.7 Å². The van der Waals surface area contributed by atoms with E-state index in [9.17, 15) is 8.78 Å². The first-order chi connectivity index (χ1) is 16.8. The summed E-state index contributed by atoms with van der Waals surface area (Å²) in [6.45, 7) is 7.63. The molecule has 1 N–H and O–H groups in total. The fourth-order valence-electron chi connectivity index (χ4n) is 5.87. The van der Waals surface area contributed by atoms with Crippen molar-refractivity contribution in [3.8, 4) is 0 Å². The van der Waals surface area contributed by atoms with Crippen LogP contribution in [0.5, 0.6) is 0 Å². The van der Waals surface area contributed by atoms with Crippen LogP contribution in [0.4, 0.5) is 8.78 Å². The van der Waals surface area contributed by atoms with Crippen LogP contribution in [-0.2, 0) is 13.0 Å². The monoisotopic (exact) mass is 478 g/mol. The van der Waals surface area contributed by atoms with Gasteiger partial charge in [0.05, 0.1) is 19.3 Å². The molecule has 2 aromatic heterocycles. The highest BCUT2D eigenvalue weighted by Gasteiger charge is 2.38. The van der Waals surface area contributed by atoms with Gasteiger partial charge in [-0.15, -0.1) is 0 Å². The Bertz CT molecular complexity index is 1360. The first-order valence-electron chi connectivity index (χ1n) is 12.5. The largest absolute Gasteiger partial charge is 0.439 e. The Morgan fingerprint density at radius 2 is 1.97 bits per heavy atom. The van der Waals surface area contributed by atoms with Crippen LogP contribution in [0.2, 0.25) is 0 Å². The summed E-state index contributed by atoms with van der Waals surface area (Å²) in [6.07, 6.45) is 0.873. The maximum Gasteiger partial charge on any atom is 0.209 e. The number of oxazole rings is 1. The summed E-state index contributed by atoms with van der Waals surface area (Å²) in [7, 11) is 0. The lowest BCUT2D eigenvalue weighted by molar-refractivity contribution is 0.0661. The summed E-state index contributed by atoms with van der Waals surface area (Å²) in [5.74, 6) is 0.787. The van der Waals surface area contributed by atoms with Gasteiger partial charge in [0, 0.05) is 48.2 Å². The highest BCUT2D eigenvalue weighted by Crippen LogP contribution is 2.42. The Hall–Kier alpha value is -2.77. The van der Waals surface area contributed by atoms with Crippen molar-refractivity contribution in [3.05, 3.63) is 65.2 Å². The first kappa shape index (κ1) is 22.7. The third kappa shape index (κ3) is 4.15. The molecule has 1 saturated heterocycles. The Balaban J connectivity index is 1.39. The number of fused-ring (bicyclic) bond motifs is 4. The molecule has 2 aromatic carbocycles. The minimum Gasteiger partial charge on any atom is -0.439 e. The fraction of sp³-hybridized carbons (Fsp3) is 0.464. The molecule has 4 aromatic rings. The number of alkyl halides is 2. The molecule has 0 radical (unpaired) electrons. The number of aromatic amines is 1. The smallest absolute Gasteiger partial charge is 0.209 e. The number of H-pyrrole nitrogens is 1. The first-order valence-corrected chi connectivity index (χ1v) is 12.5. The van der Waals surface area contributed by atoms with Crippen molar-refractivity contribution < 1.29 is 13.2 Å². The molecule has 1 fully saturated rings. The van der Waals surface area contributed by atoms with Crippen LogP contribution in [-0.4, -0.2) is 57.8 Å². The number of rotatable bonds is 6. The maximum atomic E-state index is 15.0. The third-order valence-corrected chi connectivity index (χ3v) is 7.46. The molecule has 5 nitrogen and oxygen atoms in total. The van der Waals surface area contributed by atoms with Crippen LogP contribution in [0.1, 0.15) is 49.5 Å². The van der Waals surface area contributed by atoms with Gasteiger partial charge >= 0.3 is 0 Å². The van der Waals surface area contributed by atoms with E-state index in [0.29, 0.717) is 19.0 Å². The number of halogens is 2. The predicted molar refractivity (Wildman–Crippen MR) is 134 cm³/mol. The predicted octanol–water partition coefficient (Wildman–Crippen LogP) is 5.79. The van der Waals surface area contributed by atoms with Crippen LogP contribution >= 0.6 is 0 Å². The van der Waals surface area contributed by atoms with Crippen molar-refractivity contribution in [3.63, 3.8) is 0 Å². The Labute approximate surface area is 204 Å². The lowest BCUT2D eigenvalue weighted by atomic mass is 9.87. The molecule has 0 amide bonds. The minimum atomic E-state index is -1.32. The standard InChI is InChI=1S/C28H32F2N4O/c1-17-10-21-20-6-4-5-7-22(20)32-26(21)27(34(17)16-28(2,3)30)19-8-9-24-23(11-19)31-25(35-24)15-33-13-18(12-29)14-33/h4-9,11,17-18,27,32H,10,12-16H2,1-3H3/t17-,27-/m1/s1. The number of nitrogens with zero attached hydrogens (tertiary/aromatic N) is 3. The van der Waals surface area contributed by atoms with Gasteiger partial charge < -0.3 is 9.40 Å². The fourth-order valence-corrected chi connectivity index (χ4v) is 5.87. The summed E-state index contributed by atoms with van der Waals surface area (Å²) < 4.78 is 33.8. The molecule has 2 atom stereocenters. The quantitative estimate of drug-likeness (QED) is 0.381. The van der Waals surface area contributed by atoms with Gasteiger partial charge in [-0.25, -0.2) is 9.37 Å². The van der Waals surface area contributed by atoms with E-state index in [4.69, 9.17) is 9.40 Å². The van der Waals surface area contributed by atoms with Gasteiger partial charge in [-0.05, 0) is 56.5 Å². The van der Waals surface area contributed by atoms with Gasteiger partial charge in [-0.3, -0.25) is 14.2 Å². The van der Waals surface area contributed by atoms with Crippen molar-refractivity contribution >= 4 is 22.0 Å². The van der Waals surface area contributed by atoms with Crippen molar-refractivity contribution in [2.75, 3.05) is 26.3 Å². The van der Waals surface area contributed by atoms with Crippen LogP contribution in [0.15, 0.2) is 46.9 Å². The van der Waals surface area contributed by atoms with Crippen LogP contribution in [0, 0.1) is 5.92 Å². The van der Waals surface area contributed by atoms with Crippen molar-refractivity contribution in [1.29, 1.82) is 0 Å². The van der Waals surface area contributed by atoms with E-state index >= 15 is 0 Å². The molecular formula is C28H32F2N4O. The second-order valence-corrected chi connectivity index (χ2v) is 11.0. The van der Waals surface area contributed by atoms with Crippen molar-refractivity contribution in [2.45, 2.75) is 51.5 Å². The molecule has 0 bridgehead atoms. The van der Waals surface area contributed by atoms with E-state index in [1.165, 1.54) is 10.9 Å². The summed E-state index contributed by atoms with van der Waals surface area (Å²) in [5, 5.41) is 1.24. The number of hydrogen-bond acceptors (Lipinski definition) is 4. The molecule has 2 aliphatic heterocycles. The zero-order valence-corrected chi connectivity index (χ0v) is 20.5. The van der Waals surface area contributed by atoms with Gasteiger partial charge in [0.1, 0.15) is 11.2 Å². The van der Waals surface area contributed by atoms with Gasteiger partial charge in [0.2, 0.25) is 5.89 Å². The van der Waals surface area contributed by atoms with Crippen molar-refractivity contribution in [2.24, 2.45) is 5.92 Å². The van der Waals surface area contributed by atoms with Crippen LogP contribution < -0.4 is 0 Å². The number of benzene rings is 2. The molecule has 0 spiro atoms. The Morgan fingerprint density at radius 3 is 2.74 bits per heavy atom. The number of nitrogens with one attached hydrogen (secondary N) is 1. The third-order valence-electron chi connectivity index (χ3n) is 7.46. The number of hydrogen-bond donors (Lipinski definition) is 1. The highest BCUT2D eigenvalue weighted by molar-refractivity contribution is 5.85. The Morgan fingerprint density at radius 1 is 1.17 bits per heavy atom. The van der Waals surface area contributed by atoms with E-state index in [0.717, 1.165) is 47.4 Å². The highest BCUT2D eigenvalue weighted by atomic mass is 19.1. The zero-order valence-electron chi connectivity index (χ0n) is 20.5.